The monoisotopic (exact) mass is 222 g/mol. The van der Waals surface area contributed by atoms with Crippen molar-refractivity contribution in [3.05, 3.63) is 27.9 Å². The normalized spacial score (nSPS) is 11.6. The molecule has 0 radical (unpaired) electrons. The topological polar surface area (TPSA) is 112 Å². The molecule has 1 aromatic rings. The number of pyridine rings is 1. The van der Waals surface area contributed by atoms with Crippen LogP contribution < -0.4 is 5.32 Å². The SMILES string of the molecule is CC(O)CNc1ncc([N+](=O)[O-])cc1C#N. The lowest BCUT2D eigenvalue weighted by atomic mass is 10.2. The van der Waals surface area contributed by atoms with Crippen LogP contribution in [-0.4, -0.2) is 27.7 Å². The van der Waals surface area contributed by atoms with Gasteiger partial charge in [0.25, 0.3) is 5.69 Å². The molecule has 0 saturated heterocycles. The molecule has 0 fully saturated rings. The second-order valence-electron chi connectivity index (χ2n) is 3.19. The molecule has 7 heteroatoms. The van der Waals surface area contributed by atoms with Crippen molar-refractivity contribution < 1.29 is 10.0 Å². The number of nitrogens with one attached hydrogen (secondary N) is 1. The number of nitriles is 1. The second kappa shape index (κ2) is 5.04. The highest BCUT2D eigenvalue weighted by atomic mass is 16.6. The number of rotatable bonds is 4. The Hall–Kier alpha value is -2.20. The fourth-order valence-electron chi connectivity index (χ4n) is 1.02. The third-order valence-electron chi connectivity index (χ3n) is 1.77. The molecule has 0 saturated carbocycles. The summed E-state index contributed by atoms with van der Waals surface area (Å²) in [4.78, 5) is 13.6. The van der Waals surface area contributed by atoms with Gasteiger partial charge in [0, 0.05) is 12.6 Å². The smallest absolute Gasteiger partial charge is 0.289 e. The predicted molar refractivity (Wildman–Crippen MR) is 55.8 cm³/mol. The number of aromatic nitrogens is 1. The van der Waals surface area contributed by atoms with Crippen LogP contribution in [0.3, 0.4) is 0 Å². The lowest BCUT2D eigenvalue weighted by Crippen LogP contribution is -2.16. The molecule has 0 bridgehead atoms. The van der Waals surface area contributed by atoms with E-state index in [1.807, 2.05) is 0 Å². The summed E-state index contributed by atoms with van der Waals surface area (Å²) in [5.74, 6) is 0.231. The highest BCUT2D eigenvalue weighted by molar-refractivity contribution is 5.55. The molecule has 0 aliphatic carbocycles. The van der Waals surface area contributed by atoms with E-state index >= 15 is 0 Å². The molecule has 0 aromatic carbocycles. The molecule has 1 heterocycles. The Morgan fingerprint density at radius 3 is 3.00 bits per heavy atom. The van der Waals surface area contributed by atoms with E-state index < -0.39 is 11.0 Å². The number of hydrogen-bond acceptors (Lipinski definition) is 6. The number of hydrogen-bond donors (Lipinski definition) is 2. The Morgan fingerprint density at radius 1 is 1.81 bits per heavy atom. The molecular formula is C9H10N4O3. The van der Waals surface area contributed by atoms with E-state index in [0.717, 1.165) is 12.3 Å². The Bertz CT molecular complexity index is 439. The van der Waals surface area contributed by atoms with Gasteiger partial charge in [-0.15, -0.1) is 0 Å². The summed E-state index contributed by atoms with van der Waals surface area (Å²) in [5.41, 5.74) is -0.158. The van der Waals surface area contributed by atoms with Crippen LogP contribution in [0.2, 0.25) is 0 Å². The standard InChI is InChI=1S/C9H10N4O3/c1-6(14)4-11-9-7(3-10)2-8(5-12-9)13(15)16/h2,5-6,14H,4H2,1H3,(H,11,12). The summed E-state index contributed by atoms with van der Waals surface area (Å²) in [6.07, 6.45) is 0.467. The van der Waals surface area contributed by atoms with Crippen LogP contribution in [0.1, 0.15) is 12.5 Å². The Labute approximate surface area is 91.5 Å². The van der Waals surface area contributed by atoms with Gasteiger partial charge in [0.05, 0.1) is 11.0 Å². The molecule has 1 unspecified atom stereocenters. The van der Waals surface area contributed by atoms with Crippen molar-refractivity contribution in [3.8, 4) is 6.07 Å². The van der Waals surface area contributed by atoms with Gasteiger partial charge in [-0.25, -0.2) is 4.98 Å². The van der Waals surface area contributed by atoms with Crippen molar-refractivity contribution in [2.24, 2.45) is 0 Å². The van der Waals surface area contributed by atoms with Gasteiger partial charge in [-0.05, 0) is 6.92 Å². The quantitative estimate of drug-likeness (QED) is 0.571. The minimum atomic E-state index is -0.619. The molecule has 0 amide bonds. The first-order valence-electron chi connectivity index (χ1n) is 4.51. The van der Waals surface area contributed by atoms with E-state index in [9.17, 15) is 10.1 Å². The molecule has 84 valence electrons. The summed E-state index contributed by atoms with van der Waals surface area (Å²) < 4.78 is 0. The van der Waals surface area contributed by atoms with Crippen molar-refractivity contribution in [1.29, 1.82) is 5.26 Å². The molecule has 0 aliphatic rings. The zero-order chi connectivity index (χ0) is 12.1. The number of nitro groups is 1. The number of nitrogens with zero attached hydrogens (tertiary/aromatic N) is 3. The van der Waals surface area contributed by atoms with Gasteiger partial charge in [0.1, 0.15) is 23.6 Å². The van der Waals surface area contributed by atoms with E-state index in [1.54, 1.807) is 13.0 Å². The van der Waals surface area contributed by atoms with Gasteiger partial charge >= 0.3 is 0 Å². The first-order valence-corrected chi connectivity index (χ1v) is 4.51. The molecular weight excluding hydrogens is 212 g/mol. The second-order valence-corrected chi connectivity index (χ2v) is 3.19. The maximum Gasteiger partial charge on any atom is 0.289 e. The average Bonchev–Trinajstić information content (AvgIpc) is 2.25. The summed E-state index contributed by atoms with van der Waals surface area (Å²) in [6, 6.07) is 2.94. The summed E-state index contributed by atoms with van der Waals surface area (Å²) in [7, 11) is 0. The van der Waals surface area contributed by atoms with Crippen LogP contribution in [-0.2, 0) is 0 Å². The Morgan fingerprint density at radius 2 is 2.50 bits per heavy atom. The first-order chi connectivity index (χ1) is 7.54. The zero-order valence-corrected chi connectivity index (χ0v) is 8.54. The van der Waals surface area contributed by atoms with Crippen LogP contribution >= 0.6 is 0 Å². The first kappa shape index (κ1) is 11.9. The molecule has 1 atom stereocenters. The molecule has 0 aliphatic heterocycles. The molecule has 1 rings (SSSR count). The van der Waals surface area contributed by atoms with Gasteiger partial charge < -0.3 is 10.4 Å². The lowest BCUT2D eigenvalue weighted by molar-refractivity contribution is -0.385. The molecule has 16 heavy (non-hydrogen) atoms. The van der Waals surface area contributed by atoms with E-state index in [-0.39, 0.29) is 23.6 Å². The van der Waals surface area contributed by atoms with Gasteiger partial charge in [0.15, 0.2) is 0 Å². The Balaban J connectivity index is 2.94. The van der Waals surface area contributed by atoms with E-state index in [4.69, 9.17) is 10.4 Å². The van der Waals surface area contributed by atoms with E-state index in [1.165, 1.54) is 0 Å². The highest BCUT2D eigenvalue weighted by Gasteiger charge is 2.12. The maximum absolute atomic E-state index is 10.4. The minimum Gasteiger partial charge on any atom is -0.392 e. The molecule has 2 N–H and O–H groups in total. The third-order valence-corrected chi connectivity index (χ3v) is 1.77. The van der Waals surface area contributed by atoms with Gasteiger partial charge in [-0.3, -0.25) is 10.1 Å². The van der Waals surface area contributed by atoms with Crippen molar-refractivity contribution in [2.75, 3.05) is 11.9 Å². The van der Waals surface area contributed by atoms with Crippen LogP contribution in [0.25, 0.3) is 0 Å². The van der Waals surface area contributed by atoms with Crippen LogP contribution in [0.5, 0.6) is 0 Å². The van der Waals surface area contributed by atoms with E-state index in [0.29, 0.717) is 0 Å². The predicted octanol–water partition coefficient (Wildman–Crippen LogP) is 0.654. The summed E-state index contributed by atoms with van der Waals surface area (Å²) in [5, 5.41) is 31.0. The molecule has 0 spiro atoms. The van der Waals surface area contributed by atoms with Crippen molar-refractivity contribution in [2.45, 2.75) is 13.0 Å². The third kappa shape index (κ3) is 2.90. The fourth-order valence-corrected chi connectivity index (χ4v) is 1.02. The molecule has 7 nitrogen and oxygen atoms in total. The minimum absolute atomic E-state index is 0.0786. The van der Waals surface area contributed by atoms with Crippen molar-refractivity contribution >= 4 is 11.5 Å². The zero-order valence-electron chi connectivity index (χ0n) is 8.54. The lowest BCUT2D eigenvalue weighted by Gasteiger charge is -2.08. The largest absolute Gasteiger partial charge is 0.392 e. The van der Waals surface area contributed by atoms with Gasteiger partial charge in [-0.1, -0.05) is 0 Å². The fraction of sp³-hybridized carbons (Fsp3) is 0.333. The number of aliphatic hydroxyl groups excluding tert-OH is 1. The van der Waals surface area contributed by atoms with Gasteiger partial charge in [-0.2, -0.15) is 5.26 Å². The maximum atomic E-state index is 10.4. The van der Waals surface area contributed by atoms with Crippen LogP contribution in [0.15, 0.2) is 12.3 Å². The Kier molecular flexibility index (Phi) is 3.74. The highest BCUT2D eigenvalue weighted by Crippen LogP contribution is 2.17. The van der Waals surface area contributed by atoms with Crippen LogP contribution in [0, 0.1) is 21.4 Å². The summed E-state index contributed by atoms with van der Waals surface area (Å²) >= 11 is 0. The number of anilines is 1. The summed E-state index contributed by atoms with van der Waals surface area (Å²) in [6.45, 7) is 1.80. The average molecular weight is 222 g/mol. The van der Waals surface area contributed by atoms with Crippen molar-refractivity contribution in [1.82, 2.24) is 4.98 Å². The van der Waals surface area contributed by atoms with E-state index in [2.05, 4.69) is 10.3 Å². The number of aliphatic hydroxyl groups is 1. The van der Waals surface area contributed by atoms with Crippen LogP contribution in [0.4, 0.5) is 11.5 Å². The van der Waals surface area contributed by atoms with Gasteiger partial charge in [0.2, 0.25) is 0 Å². The van der Waals surface area contributed by atoms with Crippen molar-refractivity contribution in [3.63, 3.8) is 0 Å². The molecule has 1 aromatic heterocycles.